The minimum absolute atomic E-state index is 0.134. The molecule has 1 aromatic rings. The highest BCUT2D eigenvalue weighted by Crippen LogP contribution is 2.32. The molecule has 1 aliphatic rings. The Morgan fingerprint density at radius 2 is 2.15 bits per heavy atom. The van der Waals surface area contributed by atoms with Gasteiger partial charge in [-0.2, -0.15) is 5.26 Å². The molecule has 1 aromatic carbocycles. The van der Waals surface area contributed by atoms with Gasteiger partial charge in [0.2, 0.25) is 0 Å². The summed E-state index contributed by atoms with van der Waals surface area (Å²) in [6.07, 6.45) is 3.11. The third-order valence-corrected chi connectivity index (χ3v) is 4.70. The van der Waals surface area contributed by atoms with Crippen LogP contribution in [0.5, 0.6) is 0 Å². The van der Waals surface area contributed by atoms with Crippen LogP contribution in [0.15, 0.2) is 22.7 Å². The molecule has 1 N–H and O–H groups in total. The molecule has 1 amide bonds. The summed E-state index contributed by atoms with van der Waals surface area (Å²) in [4.78, 5) is 12.3. The zero-order valence-electron chi connectivity index (χ0n) is 11.2. The van der Waals surface area contributed by atoms with E-state index < -0.39 is 17.3 Å². The van der Waals surface area contributed by atoms with Crippen LogP contribution in [0.3, 0.4) is 0 Å². The molecular weight excluding hydrogens is 323 g/mol. The van der Waals surface area contributed by atoms with Crippen LogP contribution in [0.4, 0.5) is 4.39 Å². The summed E-state index contributed by atoms with van der Waals surface area (Å²) >= 11 is 3.08. The molecule has 0 bridgehead atoms. The number of carbonyl (C=O) groups is 1. The fraction of sp³-hybridized carbons (Fsp3) is 0.467. The lowest BCUT2D eigenvalue weighted by Gasteiger charge is -2.34. The molecule has 1 aliphatic carbocycles. The quantitative estimate of drug-likeness (QED) is 0.891. The summed E-state index contributed by atoms with van der Waals surface area (Å²) in [6.45, 7) is 2.15. The number of amides is 1. The van der Waals surface area contributed by atoms with Crippen LogP contribution in [-0.2, 0) is 0 Å². The van der Waals surface area contributed by atoms with Crippen LogP contribution in [0.25, 0.3) is 0 Å². The number of carbonyl (C=O) groups excluding carboxylic acids is 1. The second kappa shape index (κ2) is 5.92. The molecule has 0 atom stereocenters. The Hall–Kier alpha value is -1.41. The van der Waals surface area contributed by atoms with Gasteiger partial charge in [-0.05, 0) is 59.7 Å². The van der Waals surface area contributed by atoms with Crippen molar-refractivity contribution in [2.45, 2.75) is 38.1 Å². The van der Waals surface area contributed by atoms with Crippen molar-refractivity contribution in [1.29, 1.82) is 5.26 Å². The first-order valence-corrected chi connectivity index (χ1v) is 7.44. The lowest BCUT2D eigenvalue weighted by Crippen LogP contribution is -2.49. The van der Waals surface area contributed by atoms with E-state index in [4.69, 9.17) is 0 Å². The maximum absolute atomic E-state index is 13.5. The van der Waals surface area contributed by atoms with Gasteiger partial charge in [0.25, 0.3) is 5.91 Å². The minimum Gasteiger partial charge on any atom is -0.334 e. The van der Waals surface area contributed by atoms with E-state index in [9.17, 15) is 14.4 Å². The molecule has 0 saturated heterocycles. The Labute approximate surface area is 126 Å². The van der Waals surface area contributed by atoms with Crippen molar-refractivity contribution >= 4 is 21.8 Å². The van der Waals surface area contributed by atoms with Gasteiger partial charge in [0, 0.05) is 0 Å². The van der Waals surface area contributed by atoms with E-state index in [1.54, 1.807) is 6.07 Å². The molecule has 1 saturated carbocycles. The van der Waals surface area contributed by atoms with Crippen molar-refractivity contribution in [2.24, 2.45) is 5.92 Å². The van der Waals surface area contributed by atoms with Gasteiger partial charge in [-0.3, -0.25) is 4.79 Å². The molecule has 0 aromatic heterocycles. The molecule has 0 aliphatic heterocycles. The molecule has 5 heteroatoms. The smallest absolute Gasteiger partial charge is 0.253 e. The molecule has 106 valence electrons. The lowest BCUT2D eigenvalue weighted by molar-refractivity contribution is 0.0892. The zero-order valence-corrected chi connectivity index (χ0v) is 12.8. The number of nitrogens with zero attached hydrogens (tertiary/aromatic N) is 1. The van der Waals surface area contributed by atoms with Gasteiger partial charge >= 0.3 is 0 Å². The SMILES string of the molecule is CC1CCC(C#N)(NC(=O)c2cccc(F)c2Br)CC1. The third-order valence-electron chi connectivity index (χ3n) is 3.89. The van der Waals surface area contributed by atoms with E-state index in [-0.39, 0.29) is 10.0 Å². The molecule has 1 fully saturated rings. The Morgan fingerprint density at radius 1 is 1.50 bits per heavy atom. The summed E-state index contributed by atoms with van der Waals surface area (Å²) in [5, 5.41) is 12.2. The van der Waals surface area contributed by atoms with Gasteiger partial charge < -0.3 is 5.32 Å². The molecule has 2 rings (SSSR count). The van der Waals surface area contributed by atoms with Crippen molar-refractivity contribution in [3.8, 4) is 6.07 Å². The van der Waals surface area contributed by atoms with E-state index in [2.05, 4.69) is 34.2 Å². The maximum Gasteiger partial charge on any atom is 0.253 e. The highest BCUT2D eigenvalue weighted by Gasteiger charge is 2.36. The maximum atomic E-state index is 13.5. The van der Waals surface area contributed by atoms with Crippen molar-refractivity contribution in [3.63, 3.8) is 0 Å². The van der Waals surface area contributed by atoms with Crippen molar-refractivity contribution in [3.05, 3.63) is 34.1 Å². The third kappa shape index (κ3) is 3.01. The van der Waals surface area contributed by atoms with Crippen LogP contribution in [-0.4, -0.2) is 11.4 Å². The van der Waals surface area contributed by atoms with Gasteiger partial charge in [0.05, 0.1) is 16.1 Å². The summed E-state index contributed by atoms with van der Waals surface area (Å²) in [7, 11) is 0. The van der Waals surface area contributed by atoms with Crippen LogP contribution >= 0.6 is 15.9 Å². The number of benzene rings is 1. The van der Waals surface area contributed by atoms with E-state index in [1.165, 1.54) is 12.1 Å². The first-order chi connectivity index (χ1) is 9.47. The van der Waals surface area contributed by atoms with Gasteiger partial charge in [0.1, 0.15) is 11.4 Å². The molecular formula is C15H16BrFN2O. The average Bonchev–Trinajstić information content (AvgIpc) is 2.44. The monoisotopic (exact) mass is 338 g/mol. The summed E-state index contributed by atoms with van der Waals surface area (Å²) in [6, 6.07) is 6.54. The zero-order chi connectivity index (χ0) is 14.8. The Bertz CT molecular complexity index is 559. The Kier molecular flexibility index (Phi) is 4.44. The number of hydrogen-bond donors (Lipinski definition) is 1. The topological polar surface area (TPSA) is 52.9 Å². The van der Waals surface area contributed by atoms with E-state index >= 15 is 0 Å². The van der Waals surface area contributed by atoms with Crippen molar-refractivity contribution < 1.29 is 9.18 Å². The molecule has 0 spiro atoms. The lowest BCUT2D eigenvalue weighted by atomic mass is 9.78. The van der Waals surface area contributed by atoms with E-state index in [0.717, 1.165) is 12.8 Å². The van der Waals surface area contributed by atoms with Crippen LogP contribution in [0.2, 0.25) is 0 Å². The van der Waals surface area contributed by atoms with E-state index in [1.807, 2.05) is 0 Å². The molecule has 20 heavy (non-hydrogen) atoms. The normalized spacial score (nSPS) is 25.8. The molecule has 3 nitrogen and oxygen atoms in total. The van der Waals surface area contributed by atoms with Gasteiger partial charge in [-0.25, -0.2) is 4.39 Å². The van der Waals surface area contributed by atoms with Gasteiger partial charge in [0.15, 0.2) is 0 Å². The van der Waals surface area contributed by atoms with E-state index in [0.29, 0.717) is 18.8 Å². The standard InChI is InChI=1S/C15H16BrFN2O/c1-10-5-7-15(9-18,8-6-10)19-14(20)11-3-2-4-12(17)13(11)16/h2-4,10H,5-8H2,1H3,(H,19,20). The van der Waals surface area contributed by atoms with Crippen molar-refractivity contribution in [2.75, 3.05) is 0 Å². The average molecular weight is 339 g/mol. The van der Waals surface area contributed by atoms with Gasteiger partial charge in [-0.1, -0.05) is 13.0 Å². The number of nitriles is 1. The highest BCUT2D eigenvalue weighted by atomic mass is 79.9. The number of hydrogen-bond acceptors (Lipinski definition) is 2. The Morgan fingerprint density at radius 3 is 2.75 bits per heavy atom. The predicted octanol–water partition coefficient (Wildman–Crippen LogP) is 3.79. The predicted molar refractivity (Wildman–Crippen MR) is 77.5 cm³/mol. The fourth-order valence-corrected chi connectivity index (χ4v) is 2.93. The fourth-order valence-electron chi connectivity index (χ4n) is 2.48. The second-order valence-corrected chi connectivity index (χ2v) is 6.22. The number of rotatable bonds is 2. The molecule has 0 unspecified atom stereocenters. The van der Waals surface area contributed by atoms with Crippen LogP contribution < -0.4 is 5.32 Å². The minimum atomic E-state index is -0.824. The number of halogens is 2. The second-order valence-electron chi connectivity index (χ2n) is 5.43. The largest absolute Gasteiger partial charge is 0.334 e. The van der Waals surface area contributed by atoms with Crippen LogP contribution in [0, 0.1) is 23.1 Å². The highest BCUT2D eigenvalue weighted by molar-refractivity contribution is 9.10. The first kappa shape index (κ1) is 15.0. The summed E-state index contributed by atoms with van der Waals surface area (Å²) in [5.41, 5.74) is -0.603. The van der Waals surface area contributed by atoms with Crippen molar-refractivity contribution in [1.82, 2.24) is 5.32 Å². The van der Waals surface area contributed by atoms with Gasteiger partial charge in [-0.15, -0.1) is 0 Å². The van der Waals surface area contributed by atoms with Crippen LogP contribution in [0.1, 0.15) is 43.0 Å². The number of nitrogens with one attached hydrogen (secondary N) is 1. The molecule has 0 heterocycles. The Balaban J connectivity index is 2.18. The summed E-state index contributed by atoms with van der Waals surface area (Å²) in [5.74, 6) is -0.317. The summed E-state index contributed by atoms with van der Waals surface area (Å²) < 4.78 is 13.6. The molecule has 0 radical (unpaired) electrons. The first-order valence-electron chi connectivity index (χ1n) is 6.65.